The Hall–Kier alpha value is -1.43. The molecule has 0 saturated heterocycles. The monoisotopic (exact) mass is 227 g/mol. The number of hydrogen-bond donors (Lipinski definition) is 2. The van der Waals surface area contributed by atoms with Gasteiger partial charge < -0.3 is 10.2 Å². The van der Waals surface area contributed by atoms with Crippen LogP contribution in [0.25, 0.3) is 0 Å². The molecule has 1 heterocycles. The predicted molar refractivity (Wildman–Crippen MR) is 57.2 cm³/mol. The first-order chi connectivity index (χ1) is 7.36. The number of carbonyl (C=O) groups is 1. The van der Waals surface area contributed by atoms with Crippen LogP contribution in [0.5, 0.6) is 0 Å². The molecule has 6 nitrogen and oxygen atoms in total. The lowest BCUT2D eigenvalue weighted by Crippen LogP contribution is -2.31. The number of aliphatic hydroxyl groups excluding tert-OH is 1. The van der Waals surface area contributed by atoms with E-state index in [-0.39, 0.29) is 5.92 Å². The summed E-state index contributed by atoms with van der Waals surface area (Å²) in [4.78, 5) is 11.1. The van der Waals surface area contributed by atoms with E-state index in [4.69, 9.17) is 5.11 Å². The Morgan fingerprint density at radius 3 is 2.25 bits per heavy atom. The van der Waals surface area contributed by atoms with Crippen molar-refractivity contribution in [2.45, 2.75) is 45.8 Å². The molecule has 1 rings (SSSR count). The molecule has 0 fully saturated rings. The number of hydrogen-bond acceptors (Lipinski definition) is 4. The first kappa shape index (κ1) is 12.6. The van der Waals surface area contributed by atoms with Gasteiger partial charge in [-0.25, -0.2) is 4.79 Å². The number of aliphatic carboxylic acids is 1. The van der Waals surface area contributed by atoms with Crippen molar-refractivity contribution in [3.05, 3.63) is 11.6 Å². The molecule has 16 heavy (non-hydrogen) atoms. The van der Waals surface area contributed by atoms with Crippen LogP contribution in [0.2, 0.25) is 0 Å². The van der Waals surface area contributed by atoms with Crippen molar-refractivity contribution in [1.29, 1.82) is 0 Å². The Bertz CT molecular complexity index is 385. The number of rotatable bonds is 4. The Kier molecular flexibility index (Phi) is 3.64. The van der Waals surface area contributed by atoms with Crippen LogP contribution in [-0.4, -0.2) is 37.1 Å². The van der Waals surface area contributed by atoms with Crippen LogP contribution in [0, 0.1) is 6.92 Å². The van der Waals surface area contributed by atoms with Gasteiger partial charge in [0.15, 0.2) is 6.04 Å². The van der Waals surface area contributed by atoms with Crippen molar-refractivity contribution in [1.82, 2.24) is 14.8 Å². The molecule has 0 aliphatic carbocycles. The van der Waals surface area contributed by atoms with E-state index in [2.05, 4.69) is 10.2 Å². The lowest BCUT2D eigenvalue weighted by atomic mass is 10.1. The summed E-state index contributed by atoms with van der Waals surface area (Å²) in [5, 5.41) is 26.4. The van der Waals surface area contributed by atoms with E-state index in [1.54, 1.807) is 6.92 Å². The highest BCUT2D eigenvalue weighted by Crippen LogP contribution is 2.21. The van der Waals surface area contributed by atoms with E-state index in [0.29, 0.717) is 11.6 Å². The van der Waals surface area contributed by atoms with Crippen LogP contribution in [0.15, 0.2) is 0 Å². The molecule has 1 aromatic heterocycles. The lowest BCUT2D eigenvalue weighted by molar-refractivity contribution is -0.144. The summed E-state index contributed by atoms with van der Waals surface area (Å²) in [5.74, 6) is 0.0457. The van der Waals surface area contributed by atoms with Crippen LogP contribution in [-0.2, 0) is 4.79 Å². The molecule has 2 N–H and O–H groups in total. The molecule has 0 radical (unpaired) electrons. The fraction of sp³-hybridized carbons (Fsp3) is 0.700. The van der Waals surface area contributed by atoms with E-state index in [1.807, 2.05) is 13.8 Å². The summed E-state index contributed by atoms with van der Waals surface area (Å²) in [6.07, 6.45) is -0.996. The van der Waals surface area contributed by atoms with Crippen molar-refractivity contribution >= 4 is 5.97 Å². The molecule has 0 amide bonds. The summed E-state index contributed by atoms with van der Waals surface area (Å²) < 4.78 is 1.48. The number of aromatic nitrogens is 3. The molecule has 90 valence electrons. The van der Waals surface area contributed by atoms with Crippen molar-refractivity contribution in [2.75, 3.05) is 0 Å². The summed E-state index contributed by atoms with van der Waals surface area (Å²) in [6.45, 7) is 6.93. The largest absolute Gasteiger partial charge is 0.480 e. The first-order valence-corrected chi connectivity index (χ1v) is 5.18. The first-order valence-electron chi connectivity index (χ1n) is 5.18. The van der Waals surface area contributed by atoms with Gasteiger partial charge in [-0.3, -0.25) is 4.57 Å². The van der Waals surface area contributed by atoms with E-state index >= 15 is 0 Å². The van der Waals surface area contributed by atoms with Gasteiger partial charge in [-0.05, 0) is 13.8 Å². The smallest absolute Gasteiger partial charge is 0.329 e. The summed E-state index contributed by atoms with van der Waals surface area (Å²) in [5.41, 5.74) is 0. The molecule has 0 aliphatic heterocycles. The highest BCUT2D eigenvalue weighted by atomic mass is 16.4. The zero-order valence-electron chi connectivity index (χ0n) is 9.88. The molecule has 2 unspecified atom stereocenters. The number of carboxylic acids is 1. The number of carboxylic acid groups (broad SMARTS) is 1. The minimum Gasteiger partial charge on any atom is -0.480 e. The average molecular weight is 227 g/mol. The molecule has 6 heteroatoms. The zero-order valence-corrected chi connectivity index (χ0v) is 9.88. The summed E-state index contributed by atoms with van der Waals surface area (Å²) in [6, 6.07) is -1.03. The number of nitrogens with zero attached hydrogens (tertiary/aromatic N) is 3. The molecule has 0 aromatic carbocycles. The predicted octanol–water partition coefficient (Wildman–Crippen LogP) is 0.716. The molecule has 0 saturated carbocycles. The lowest BCUT2D eigenvalue weighted by Gasteiger charge is -2.21. The van der Waals surface area contributed by atoms with Crippen molar-refractivity contribution in [3.63, 3.8) is 0 Å². The second-order valence-corrected chi connectivity index (χ2v) is 4.15. The molecule has 2 atom stereocenters. The maximum absolute atomic E-state index is 11.1. The highest BCUT2D eigenvalue weighted by molar-refractivity contribution is 5.72. The summed E-state index contributed by atoms with van der Waals surface area (Å²) >= 11 is 0. The van der Waals surface area contributed by atoms with Crippen molar-refractivity contribution in [3.8, 4) is 0 Å². The van der Waals surface area contributed by atoms with Crippen LogP contribution in [0.1, 0.15) is 44.4 Å². The third-order valence-corrected chi connectivity index (χ3v) is 2.40. The van der Waals surface area contributed by atoms with E-state index < -0.39 is 18.1 Å². The highest BCUT2D eigenvalue weighted by Gasteiger charge is 2.30. The van der Waals surface area contributed by atoms with E-state index in [9.17, 15) is 9.90 Å². The minimum absolute atomic E-state index is 0.0572. The van der Waals surface area contributed by atoms with Gasteiger partial charge in [0, 0.05) is 5.92 Å². The van der Waals surface area contributed by atoms with Crippen LogP contribution < -0.4 is 0 Å². The Balaban J connectivity index is 3.28. The molecule has 0 spiro atoms. The van der Waals surface area contributed by atoms with Gasteiger partial charge in [0.25, 0.3) is 0 Å². The van der Waals surface area contributed by atoms with Crippen LogP contribution >= 0.6 is 0 Å². The molecule has 0 aliphatic rings. The quantitative estimate of drug-likeness (QED) is 0.791. The molecule has 0 bridgehead atoms. The maximum Gasteiger partial charge on any atom is 0.329 e. The average Bonchev–Trinajstić information content (AvgIpc) is 2.47. The molecular formula is C10H17N3O3. The zero-order chi connectivity index (χ0) is 12.5. The maximum atomic E-state index is 11.1. The Morgan fingerprint density at radius 2 is 1.88 bits per heavy atom. The van der Waals surface area contributed by atoms with Gasteiger partial charge in [-0.2, -0.15) is 0 Å². The van der Waals surface area contributed by atoms with Crippen molar-refractivity contribution < 1.29 is 15.0 Å². The van der Waals surface area contributed by atoms with Gasteiger partial charge in [0.05, 0.1) is 6.10 Å². The van der Waals surface area contributed by atoms with E-state index in [1.165, 1.54) is 11.5 Å². The van der Waals surface area contributed by atoms with Gasteiger partial charge in [-0.15, -0.1) is 10.2 Å². The number of aryl methyl sites for hydroxylation is 1. The van der Waals surface area contributed by atoms with Gasteiger partial charge in [0.1, 0.15) is 11.6 Å². The fourth-order valence-electron chi connectivity index (χ4n) is 1.66. The third kappa shape index (κ3) is 2.21. The molecular weight excluding hydrogens is 210 g/mol. The third-order valence-electron chi connectivity index (χ3n) is 2.40. The summed E-state index contributed by atoms with van der Waals surface area (Å²) in [7, 11) is 0. The van der Waals surface area contributed by atoms with Crippen LogP contribution in [0.3, 0.4) is 0 Å². The normalized spacial score (nSPS) is 15.1. The van der Waals surface area contributed by atoms with Crippen molar-refractivity contribution in [2.24, 2.45) is 0 Å². The van der Waals surface area contributed by atoms with Crippen LogP contribution in [0.4, 0.5) is 0 Å². The fourth-order valence-corrected chi connectivity index (χ4v) is 1.66. The Labute approximate surface area is 93.9 Å². The minimum atomic E-state index is -1.08. The van der Waals surface area contributed by atoms with Gasteiger partial charge in [0.2, 0.25) is 0 Å². The SMILES string of the molecule is Cc1nnc(C(C)C)n1C(C(=O)O)C(C)O. The topological polar surface area (TPSA) is 88.2 Å². The second kappa shape index (κ2) is 4.61. The van der Waals surface area contributed by atoms with E-state index in [0.717, 1.165) is 0 Å². The second-order valence-electron chi connectivity index (χ2n) is 4.15. The van der Waals surface area contributed by atoms with Gasteiger partial charge >= 0.3 is 5.97 Å². The Morgan fingerprint density at radius 1 is 1.31 bits per heavy atom. The standard InChI is InChI=1S/C10H17N3O3/c1-5(2)9-12-11-7(4)13(9)8(6(3)14)10(15)16/h5-6,8,14H,1-4H3,(H,15,16). The van der Waals surface area contributed by atoms with Gasteiger partial charge in [-0.1, -0.05) is 13.8 Å². The molecule has 1 aromatic rings. The number of aliphatic hydroxyl groups is 1.